The van der Waals surface area contributed by atoms with Gasteiger partial charge in [-0.1, -0.05) is 18.2 Å². The van der Waals surface area contributed by atoms with Crippen LogP contribution in [0.1, 0.15) is 22.8 Å². The summed E-state index contributed by atoms with van der Waals surface area (Å²) in [6.07, 6.45) is 0.807. The summed E-state index contributed by atoms with van der Waals surface area (Å²) in [7, 11) is 1.55. The van der Waals surface area contributed by atoms with Gasteiger partial charge in [0.05, 0.1) is 17.1 Å². The van der Waals surface area contributed by atoms with E-state index in [4.69, 9.17) is 9.47 Å². The third-order valence-electron chi connectivity index (χ3n) is 4.19. The van der Waals surface area contributed by atoms with Crippen molar-refractivity contribution in [3.05, 3.63) is 58.1 Å². The molecule has 2 aromatic rings. The molecule has 0 saturated heterocycles. The Bertz CT molecular complexity index is 821. The van der Waals surface area contributed by atoms with Crippen LogP contribution in [0.3, 0.4) is 0 Å². The second-order valence-electron chi connectivity index (χ2n) is 5.87. The van der Waals surface area contributed by atoms with Crippen LogP contribution in [0.5, 0.6) is 5.75 Å². The van der Waals surface area contributed by atoms with Crippen LogP contribution >= 0.6 is 15.9 Å². The van der Waals surface area contributed by atoms with Crippen LogP contribution in [0.2, 0.25) is 0 Å². The third-order valence-corrected chi connectivity index (χ3v) is 4.81. The van der Waals surface area contributed by atoms with Crippen molar-refractivity contribution in [2.45, 2.75) is 19.4 Å². The van der Waals surface area contributed by atoms with Gasteiger partial charge in [0.15, 0.2) is 6.61 Å². The molecule has 1 aliphatic heterocycles. The van der Waals surface area contributed by atoms with Gasteiger partial charge >= 0.3 is 5.97 Å². The van der Waals surface area contributed by atoms with Crippen molar-refractivity contribution in [3.63, 3.8) is 0 Å². The summed E-state index contributed by atoms with van der Waals surface area (Å²) in [5.74, 6) is -0.148. The Hall–Kier alpha value is -2.34. The number of carbonyl (C=O) groups is 2. The molecule has 0 saturated carbocycles. The molecule has 0 radical (unpaired) electrons. The van der Waals surface area contributed by atoms with E-state index in [-0.39, 0.29) is 18.6 Å². The average molecular weight is 404 g/mol. The quantitative estimate of drug-likeness (QED) is 0.731. The lowest BCUT2D eigenvalue weighted by Gasteiger charge is -2.22. The lowest BCUT2D eigenvalue weighted by atomic mass is 10.1. The lowest BCUT2D eigenvalue weighted by Crippen LogP contribution is -2.38. The van der Waals surface area contributed by atoms with Crippen LogP contribution in [-0.2, 0) is 16.0 Å². The van der Waals surface area contributed by atoms with E-state index in [1.165, 1.54) is 0 Å². The number of amides is 1. The van der Waals surface area contributed by atoms with Gasteiger partial charge in [-0.2, -0.15) is 0 Å². The Morgan fingerprint density at radius 3 is 2.72 bits per heavy atom. The lowest BCUT2D eigenvalue weighted by molar-refractivity contribution is -0.122. The number of nitrogens with zero attached hydrogens (tertiary/aromatic N) is 1. The molecule has 0 aromatic heterocycles. The molecule has 0 spiro atoms. The zero-order valence-corrected chi connectivity index (χ0v) is 15.6. The average Bonchev–Trinajstić information content (AvgIpc) is 2.95. The van der Waals surface area contributed by atoms with Gasteiger partial charge in [-0.05, 0) is 59.1 Å². The smallest absolute Gasteiger partial charge is 0.338 e. The number of hydrogen-bond acceptors (Lipinski definition) is 4. The molecule has 1 aliphatic rings. The molecular weight excluding hydrogens is 386 g/mol. The number of esters is 1. The first-order valence-electron chi connectivity index (χ1n) is 7.92. The summed E-state index contributed by atoms with van der Waals surface area (Å²) < 4.78 is 11.0. The fourth-order valence-electron chi connectivity index (χ4n) is 3.02. The molecule has 130 valence electrons. The maximum atomic E-state index is 12.5. The molecule has 25 heavy (non-hydrogen) atoms. The van der Waals surface area contributed by atoms with Crippen molar-refractivity contribution in [2.24, 2.45) is 0 Å². The van der Waals surface area contributed by atoms with Gasteiger partial charge in [0.1, 0.15) is 5.75 Å². The molecular formula is C19H18BrNO4. The van der Waals surface area contributed by atoms with Gasteiger partial charge < -0.3 is 14.4 Å². The Kier molecular flexibility index (Phi) is 5.08. The van der Waals surface area contributed by atoms with Crippen molar-refractivity contribution in [2.75, 3.05) is 18.6 Å². The number of ether oxygens (including phenoxy) is 2. The Morgan fingerprint density at radius 2 is 2.00 bits per heavy atom. The van der Waals surface area contributed by atoms with Crippen molar-refractivity contribution in [3.8, 4) is 5.75 Å². The summed E-state index contributed by atoms with van der Waals surface area (Å²) in [5.41, 5.74) is 2.38. The normalized spacial score (nSPS) is 15.6. The minimum Gasteiger partial charge on any atom is -0.496 e. The molecule has 1 amide bonds. The molecule has 0 bridgehead atoms. The number of halogens is 1. The summed E-state index contributed by atoms with van der Waals surface area (Å²) in [5, 5.41) is 0. The first-order valence-corrected chi connectivity index (χ1v) is 8.71. The number of carbonyl (C=O) groups excluding carboxylic acids is 2. The van der Waals surface area contributed by atoms with E-state index in [0.29, 0.717) is 15.8 Å². The van der Waals surface area contributed by atoms with E-state index in [0.717, 1.165) is 17.7 Å². The van der Waals surface area contributed by atoms with Crippen LogP contribution < -0.4 is 9.64 Å². The van der Waals surface area contributed by atoms with Crippen LogP contribution in [-0.4, -0.2) is 31.6 Å². The zero-order chi connectivity index (χ0) is 18.0. The number of benzene rings is 2. The topological polar surface area (TPSA) is 55.8 Å². The molecule has 2 aromatic carbocycles. The first kappa shape index (κ1) is 17.5. The van der Waals surface area contributed by atoms with Gasteiger partial charge in [0, 0.05) is 11.7 Å². The van der Waals surface area contributed by atoms with Crippen LogP contribution in [0, 0.1) is 0 Å². The second-order valence-corrected chi connectivity index (χ2v) is 6.73. The van der Waals surface area contributed by atoms with Crippen LogP contribution in [0.15, 0.2) is 46.9 Å². The number of methoxy groups -OCH3 is 1. The molecule has 1 heterocycles. The molecule has 3 rings (SSSR count). The molecule has 0 fully saturated rings. The molecule has 5 nitrogen and oxygen atoms in total. The maximum absolute atomic E-state index is 12.5. The molecule has 0 N–H and O–H groups in total. The van der Waals surface area contributed by atoms with Crippen LogP contribution in [0.4, 0.5) is 5.69 Å². The highest BCUT2D eigenvalue weighted by molar-refractivity contribution is 9.10. The van der Waals surface area contributed by atoms with Gasteiger partial charge in [0.25, 0.3) is 5.91 Å². The van der Waals surface area contributed by atoms with Crippen molar-refractivity contribution >= 4 is 33.5 Å². The van der Waals surface area contributed by atoms with Crippen molar-refractivity contribution < 1.29 is 19.1 Å². The summed E-state index contributed by atoms with van der Waals surface area (Å²) in [4.78, 5) is 26.4. The second kappa shape index (κ2) is 7.27. The Labute approximate surface area is 154 Å². The molecule has 1 atom stereocenters. The fraction of sp³-hybridized carbons (Fsp3) is 0.263. The van der Waals surface area contributed by atoms with Gasteiger partial charge in [-0.3, -0.25) is 4.79 Å². The zero-order valence-electron chi connectivity index (χ0n) is 14.0. The molecule has 0 aliphatic carbocycles. The van der Waals surface area contributed by atoms with Crippen LogP contribution in [0.25, 0.3) is 0 Å². The highest BCUT2D eigenvalue weighted by atomic mass is 79.9. The number of fused-ring (bicyclic) bond motifs is 1. The van der Waals surface area contributed by atoms with E-state index in [1.54, 1.807) is 30.2 Å². The summed E-state index contributed by atoms with van der Waals surface area (Å²) in [6.45, 7) is 1.70. The number of anilines is 1. The minimum absolute atomic E-state index is 0.0544. The maximum Gasteiger partial charge on any atom is 0.338 e. The number of rotatable bonds is 4. The molecule has 0 unspecified atom stereocenters. The van der Waals surface area contributed by atoms with Crippen molar-refractivity contribution in [1.82, 2.24) is 0 Å². The predicted octanol–water partition coefficient (Wildman–Crippen LogP) is 3.59. The first-order chi connectivity index (χ1) is 12.0. The van der Waals surface area contributed by atoms with Gasteiger partial charge in [-0.25, -0.2) is 4.79 Å². The molecule has 6 heteroatoms. The SMILES string of the molecule is COc1ccc(C(=O)OCC(=O)N2c3ccccc3C[C@H]2C)cc1Br. The highest BCUT2D eigenvalue weighted by Gasteiger charge is 2.31. The standard InChI is InChI=1S/C19H18BrNO4/c1-12-9-13-5-3-4-6-16(13)21(12)18(22)11-25-19(23)14-7-8-17(24-2)15(20)10-14/h3-8,10,12H,9,11H2,1-2H3/t12-/m1/s1. The Morgan fingerprint density at radius 1 is 1.24 bits per heavy atom. The predicted molar refractivity (Wildman–Crippen MR) is 98.1 cm³/mol. The minimum atomic E-state index is -0.545. The highest BCUT2D eigenvalue weighted by Crippen LogP contribution is 2.32. The van der Waals surface area contributed by atoms with E-state index in [9.17, 15) is 9.59 Å². The monoisotopic (exact) mass is 403 g/mol. The third kappa shape index (κ3) is 3.54. The van der Waals surface area contributed by atoms with E-state index >= 15 is 0 Å². The summed E-state index contributed by atoms with van der Waals surface area (Å²) >= 11 is 3.33. The van der Waals surface area contributed by atoms with E-state index < -0.39 is 5.97 Å². The Balaban J connectivity index is 1.66. The number of hydrogen-bond donors (Lipinski definition) is 0. The number of para-hydroxylation sites is 1. The van der Waals surface area contributed by atoms with Crippen molar-refractivity contribution in [1.29, 1.82) is 0 Å². The van der Waals surface area contributed by atoms with E-state index in [2.05, 4.69) is 15.9 Å². The van der Waals surface area contributed by atoms with E-state index in [1.807, 2.05) is 31.2 Å². The fourth-order valence-corrected chi connectivity index (χ4v) is 3.56. The largest absolute Gasteiger partial charge is 0.496 e. The summed E-state index contributed by atoms with van der Waals surface area (Å²) in [6, 6.07) is 12.7. The van der Waals surface area contributed by atoms with Gasteiger partial charge in [-0.15, -0.1) is 0 Å². The van der Waals surface area contributed by atoms with Gasteiger partial charge in [0.2, 0.25) is 0 Å².